The second kappa shape index (κ2) is 8.22. The Kier molecular flexibility index (Phi) is 5.15. The van der Waals surface area contributed by atoms with Crippen LogP contribution in [0.15, 0.2) is 72.8 Å². The van der Waals surface area contributed by atoms with Crippen LogP contribution in [-0.4, -0.2) is 48.0 Å². The molecule has 2 bridgehead atoms. The summed E-state index contributed by atoms with van der Waals surface area (Å²) in [6.07, 6.45) is -0.000707. The lowest BCUT2D eigenvalue weighted by atomic mass is 9.77. The summed E-state index contributed by atoms with van der Waals surface area (Å²) in [6, 6.07) is 22.0. The number of aliphatic hydroxyl groups is 1. The number of nitrogens with zero attached hydrogens (tertiary/aromatic N) is 1. The highest BCUT2D eigenvalue weighted by molar-refractivity contribution is 5.79. The third-order valence-electron chi connectivity index (χ3n) is 7.48. The molecule has 0 saturated carbocycles. The van der Waals surface area contributed by atoms with Crippen molar-refractivity contribution in [1.29, 1.82) is 0 Å². The average Bonchev–Trinajstić information content (AvgIpc) is 3.16. The van der Waals surface area contributed by atoms with E-state index in [-0.39, 0.29) is 56.2 Å². The van der Waals surface area contributed by atoms with E-state index in [1.54, 1.807) is 23.1 Å². The molecule has 3 aromatic rings. The van der Waals surface area contributed by atoms with Crippen LogP contribution < -0.4 is 0 Å². The van der Waals surface area contributed by atoms with Gasteiger partial charge in [-0.05, 0) is 28.3 Å². The number of piperidine rings is 1. The van der Waals surface area contributed by atoms with Gasteiger partial charge >= 0.3 is 6.09 Å². The van der Waals surface area contributed by atoms with Gasteiger partial charge in [-0.2, -0.15) is 0 Å². The van der Waals surface area contributed by atoms with E-state index in [4.69, 9.17) is 9.47 Å². The monoisotopic (exact) mass is 459 g/mol. The van der Waals surface area contributed by atoms with E-state index in [0.29, 0.717) is 0 Å². The van der Waals surface area contributed by atoms with Crippen LogP contribution in [0.25, 0.3) is 11.1 Å². The number of halogens is 1. The lowest BCUT2D eigenvalue weighted by Crippen LogP contribution is -2.62. The van der Waals surface area contributed by atoms with E-state index >= 15 is 0 Å². The third-order valence-corrected chi connectivity index (χ3v) is 7.48. The molecule has 3 aromatic carbocycles. The van der Waals surface area contributed by atoms with Gasteiger partial charge in [0.2, 0.25) is 0 Å². The molecule has 174 valence electrons. The largest absolute Gasteiger partial charge is 0.448 e. The molecule has 2 unspecified atom stereocenters. The van der Waals surface area contributed by atoms with Crippen LogP contribution in [0.4, 0.5) is 9.18 Å². The molecule has 1 aliphatic carbocycles. The minimum Gasteiger partial charge on any atom is -0.448 e. The maximum atomic E-state index is 14.5. The molecule has 2 atom stereocenters. The van der Waals surface area contributed by atoms with Crippen molar-refractivity contribution in [3.8, 4) is 11.1 Å². The first-order valence-corrected chi connectivity index (χ1v) is 11.7. The summed E-state index contributed by atoms with van der Waals surface area (Å²) >= 11 is 0. The van der Waals surface area contributed by atoms with E-state index in [2.05, 4.69) is 24.3 Å². The molecule has 1 amide bonds. The predicted octanol–water partition coefficient (Wildman–Crippen LogP) is 4.83. The van der Waals surface area contributed by atoms with Gasteiger partial charge in [0.1, 0.15) is 12.4 Å². The summed E-state index contributed by atoms with van der Waals surface area (Å²) in [5.41, 5.74) is 3.61. The zero-order chi connectivity index (χ0) is 23.3. The van der Waals surface area contributed by atoms with Crippen molar-refractivity contribution >= 4 is 6.09 Å². The first-order chi connectivity index (χ1) is 16.5. The predicted molar refractivity (Wildman–Crippen MR) is 125 cm³/mol. The third kappa shape index (κ3) is 3.40. The number of morpholine rings is 1. The molecule has 34 heavy (non-hydrogen) atoms. The van der Waals surface area contributed by atoms with Crippen LogP contribution in [0.2, 0.25) is 0 Å². The molecule has 2 saturated heterocycles. The van der Waals surface area contributed by atoms with Crippen molar-refractivity contribution in [1.82, 2.24) is 4.90 Å². The molecule has 1 N–H and O–H groups in total. The molecule has 2 fully saturated rings. The van der Waals surface area contributed by atoms with Crippen molar-refractivity contribution < 1.29 is 23.8 Å². The van der Waals surface area contributed by atoms with Crippen LogP contribution in [-0.2, 0) is 15.1 Å². The average molecular weight is 460 g/mol. The Balaban J connectivity index is 1.21. The highest BCUT2D eigenvalue weighted by atomic mass is 19.1. The summed E-state index contributed by atoms with van der Waals surface area (Å²) < 4.78 is 26.1. The van der Waals surface area contributed by atoms with E-state index in [0.717, 1.165) is 11.1 Å². The molecular formula is C28H26FNO4. The molecule has 6 rings (SSSR count). The van der Waals surface area contributed by atoms with Gasteiger partial charge in [-0.1, -0.05) is 66.7 Å². The topological polar surface area (TPSA) is 59.0 Å². The van der Waals surface area contributed by atoms with Gasteiger partial charge < -0.3 is 14.6 Å². The van der Waals surface area contributed by atoms with Crippen molar-refractivity contribution in [3.05, 3.63) is 95.3 Å². The Hall–Kier alpha value is -3.22. The van der Waals surface area contributed by atoms with Crippen LogP contribution in [0.5, 0.6) is 0 Å². The van der Waals surface area contributed by atoms with Gasteiger partial charge in [-0.25, -0.2) is 9.18 Å². The molecule has 0 spiro atoms. The molecule has 2 aliphatic heterocycles. The Morgan fingerprint density at radius 3 is 2.12 bits per heavy atom. The zero-order valence-electron chi connectivity index (χ0n) is 18.7. The number of ether oxygens (including phenoxy) is 2. The number of benzene rings is 3. The van der Waals surface area contributed by atoms with E-state index in [9.17, 15) is 14.3 Å². The standard InChI is InChI=1S/C28H26FNO4/c29-26-12-6-5-11-25(26)28(32)13-18-15-33-16-19(14-28)30(18)27(31)34-17-24-22-9-3-1-7-20(22)21-8-2-4-10-23(21)24/h1-12,18-19,24,32H,13-17H2. The number of amides is 1. The molecule has 3 aliphatic rings. The fourth-order valence-corrected chi connectivity index (χ4v) is 6.00. The molecule has 2 heterocycles. The Morgan fingerprint density at radius 1 is 0.941 bits per heavy atom. The van der Waals surface area contributed by atoms with Gasteiger partial charge in [0.15, 0.2) is 0 Å². The summed E-state index contributed by atoms with van der Waals surface area (Å²) in [6.45, 7) is 0.816. The van der Waals surface area contributed by atoms with Gasteiger partial charge in [0.25, 0.3) is 0 Å². The Morgan fingerprint density at radius 2 is 1.50 bits per heavy atom. The van der Waals surface area contributed by atoms with E-state index in [1.807, 2.05) is 24.3 Å². The Bertz CT molecular complexity index is 1180. The maximum absolute atomic E-state index is 14.5. The number of hydrogen-bond acceptors (Lipinski definition) is 4. The Labute approximate surface area is 197 Å². The second-order valence-electron chi connectivity index (χ2n) is 9.48. The summed E-state index contributed by atoms with van der Waals surface area (Å²) in [5, 5.41) is 11.4. The van der Waals surface area contributed by atoms with Gasteiger partial charge in [0, 0.05) is 24.3 Å². The summed E-state index contributed by atoms with van der Waals surface area (Å²) in [5.74, 6) is -0.453. The zero-order valence-corrected chi connectivity index (χ0v) is 18.7. The first kappa shape index (κ1) is 21.3. The summed E-state index contributed by atoms with van der Waals surface area (Å²) in [4.78, 5) is 15.0. The lowest BCUT2D eigenvalue weighted by Gasteiger charge is -2.51. The second-order valence-corrected chi connectivity index (χ2v) is 9.48. The number of fused-ring (bicyclic) bond motifs is 5. The van der Waals surface area contributed by atoms with Crippen molar-refractivity contribution in [2.75, 3.05) is 19.8 Å². The van der Waals surface area contributed by atoms with Crippen LogP contribution in [0.1, 0.15) is 35.4 Å². The number of hydrogen-bond donors (Lipinski definition) is 1. The van der Waals surface area contributed by atoms with Gasteiger partial charge in [0.05, 0.1) is 30.9 Å². The first-order valence-electron chi connectivity index (χ1n) is 11.7. The van der Waals surface area contributed by atoms with Crippen LogP contribution >= 0.6 is 0 Å². The number of carbonyl (C=O) groups excluding carboxylic acids is 1. The summed E-state index contributed by atoms with van der Waals surface area (Å²) in [7, 11) is 0. The van der Waals surface area contributed by atoms with E-state index < -0.39 is 17.5 Å². The molecular weight excluding hydrogens is 433 g/mol. The smallest absolute Gasteiger partial charge is 0.410 e. The van der Waals surface area contributed by atoms with Crippen LogP contribution in [0, 0.1) is 5.82 Å². The maximum Gasteiger partial charge on any atom is 0.410 e. The fraction of sp³-hybridized carbons (Fsp3) is 0.321. The lowest BCUT2D eigenvalue weighted by molar-refractivity contribution is -0.137. The fourth-order valence-electron chi connectivity index (χ4n) is 6.00. The van der Waals surface area contributed by atoms with Gasteiger partial charge in [-0.3, -0.25) is 4.90 Å². The van der Waals surface area contributed by atoms with Crippen LogP contribution in [0.3, 0.4) is 0 Å². The minimum absolute atomic E-state index is 0.0208. The van der Waals surface area contributed by atoms with Crippen molar-refractivity contribution in [2.45, 2.75) is 36.4 Å². The highest BCUT2D eigenvalue weighted by Gasteiger charge is 2.50. The SMILES string of the molecule is O=C(OCC1c2ccccc2-c2ccccc21)N1C2COCC1CC(O)(c1ccccc1F)C2. The van der Waals surface area contributed by atoms with Crippen molar-refractivity contribution in [3.63, 3.8) is 0 Å². The molecule has 5 nitrogen and oxygen atoms in total. The van der Waals surface area contributed by atoms with E-state index in [1.165, 1.54) is 17.2 Å². The van der Waals surface area contributed by atoms with Crippen molar-refractivity contribution in [2.24, 2.45) is 0 Å². The quantitative estimate of drug-likeness (QED) is 0.610. The highest BCUT2D eigenvalue weighted by Crippen LogP contribution is 2.45. The number of carbonyl (C=O) groups is 1. The normalized spacial score (nSPS) is 25.5. The number of rotatable bonds is 3. The van der Waals surface area contributed by atoms with Gasteiger partial charge in [-0.15, -0.1) is 0 Å². The molecule has 0 aromatic heterocycles. The minimum atomic E-state index is -1.34. The molecule has 0 radical (unpaired) electrons. The molecule has 6 heteroatoms.